The number of hydrogen-bond acceptors (Lipinski definition) is 2. The lowest BCUT2D eigenvalue weighted by atomic mass is 9.97. The summed E-state index contributed by atoms with van der Waals surface area (Å²) in [6.07, 6.45) is 6.63. The van der Waals surface area contributed by atoms with Crippen molar-refractivity contribution in [3.05, 3.63) is 0 Å². The normalized spacial score (nSPS) is 32.9. The number of piperidine rings is 1. The Morgan fingerprint density at radius 2 is 1.71 bits per heavy atom. The van der Waals surface area contributed by atoms with Gasteiger partial charge in [-0.3, -0.25) is 9.69 Å². The monoisotopic (exact) mass is 195 g/mol. The van der Waals surface area contributed by atoms with Crippen molar-refractivity contribution in [1.29, 1.82) is 0 Å². The summed E-state index contributed by atoms with van der Waals surface area (Å²) in [6, 6.07) is 1.90. The fraction of sp³-hybridized carbons (Fsp3) is 0.917. The summed E-state index contributed by atoms with van der Waals surface area (Å²) in [4.78, 5) is 14.1. The van der Waals surface area contributed by atoms with Gasteiger partial charge in [0, 0.05) is 31.0 Å². The third-order valence-electron chi connectivity index (χ3n) is 3.97. The van der Waals surface area contributed by atoms with Crippen LogP contribution in [0.1, 0.15) is 52.4 Å². The molecular formula is C12H21NO. The molecule has 2 heteroatoms. The quantitative estimate of drug-likeness (QED) is 0.689. The topological polar surface area (TPSA) is 20.3 Å². The Balaban J connectivity index is 2.09. The van der Waals surface area contributed by atoms with Gasteiger partial charge in [-0.1, -0.05) is 13.8 Å². The number of rotatable bonds is 3. The van der Waals surface area contributed by atoms with Crippen LogP contribution in [0.15, 0.2) is 0 Å². The highest BCUT2D eigenvalue weighted by Gasteiger charge is 2.42. The molecule has 0 radical (unpaired) electrons. The summed E-state index contributed by atoms with van der Waals surface area (Å²) in [5.41, 5.74) is 0. The maximum Gasteiger partial charge on any atom is 0.136 e. The summed E-state index contributed by atoms with van der Waals surface area (Å²) in [5.74, 6) is 0.500. The highest BCUT2D eigenvalue weighted by atomic mass is 16.1. The minimum Gasteiger partial charge on any atom is -0.300 e. The number of ketones is 1. The molecule has 2 rings (SSSR count). The number of fused-ring (bicyclic) bond motifs is 2. The summed E-state index contributed by atoms with van der Waals surface area (Å²) in [6.45, 7) is 4.54. The molecule has 14 heavy (non-hydrogen) atoms. The van der Waals surface area contributed by atoms with Crippen LogP contribution in [-0.2, 0) is 4.79 Å². The standard InChI is InChI=1S/C12H21NO/c1-3-9(4-2)13-10-5-6-11(13)8-12(14)7-10/h9-11H,3-8H2,1-2H3. The van der Waals surface area contributed by atoms with Crippen LogP contribution in [0.2, 0.25) is 0 Å². The van der Waals surface area contributed by atoms with Crippen LogP contribution in [-0.4, -0.2) is 28.8 Å². The first kappa shape index (κ1) is 10.2. The molecule has 80 valence electrons. The number of hydrogen-bond donors (Lipinski definition) is 0. The maximum absolute atomic E-state index is 11.4. The van der Waals surface area contributed by atoms with E-state index in [1.165, 1.54) is 25.7 Å². The first-order chi connectivity index (χ1) is 6.76. The summed E-state index contributed by atoms with van der Waals surface area (Å²) < 4.78 is 0. The van der Waals surface area contributed by atoms with Gasteiger partial charge in [0.25, 0.3) is 0 Å². The molecule has 0 aromatic heterocycles. The van der Waals surface area contributed by atoms with Crippen molar-refractivity contribution >= 4 is 5.78 Å². The third-order valence-corrected chi connectivity index (χ3v) is 3.97. The van der Waals surface area contributed by atoms with E-state index in [1.54, 1.807) is 0 Å². The fourth-order valence-electron chi connectivity index (χ4n) is 3.31. The van der Waals surface area contributed by atoms with E-state index in [0.29, 0.717) is 17.9 Å². The lowest BCUT2D eigenvalue weighted by Crippen LogP contribution is -2.48. The van der Waals surface area contributed by atoms with Gasteiger partial charge in [-0.05, 0) is 25.7 Å². The average Bonchev–Trinajstić information content (AvgIpc) is 2.45. The zero-order chi connectivity index (χ0) is 10.1. The predicted molar refractivity (Wildman–Crippen MR) is 57.3 cm³/mol. The third kappa shape index (κ3) is 1.60. The van der Waals surface area contributed by atoms with E-state index >= 15 is 0 Å². The van der Waals surface area contributed by atoms with Gasteiger partial charge < -0.3 is 0 Å². The Morgan fingerprint density at radius 1 is 1.21 bits per heavy atom. The first-order valence-corrected chi connectivity index (χ1v) is 6.05. The van der Waals surface area contributed by atoms with E-state index in [4.69, 9.17) is 0 Å². The van der Waals surface area contributed by atoms with Crippen molar-refractivity contribution in [3.63, 3.8) is 0 Å². The van der Waals surface area contributed by atoms with Gasteiger partial charge in [0.15, 0.2) is 0 Å². The molecular weight excluding hydrogens is 174 g/mol. The van der Waals surface area contributed by atoms with Crippen LogP contribution in [0.4, 0.5) is 0 Å². The summed E-state index contributed by atoms with van der Waals surface area (Å²) >= 11 is 0. The Labute approximate surface area is 86.7 Å². The van der Waals surface area contributed by atoms with Crippen LogP contribution >= 0.6 is 0 Å². The molecule has 0 aromatic rings. The Bertz CT molecular complexity index is 206. The second-order valence-corrected chi connectivity index (χ2v) is 4.75. The molecule has 0 saturated carbocycles. The molecule has 0 amide bonds. The van der Waals surface area contributed by atoms with Gasteiger partial charge in [-0.2, -0.15) is 0 Å². The van der Waals surface area contributed by atoms with E-state index in [9.17, 15) is 4.79 Å². The van der Waals surface area contributed by atoms with Crippen molar-refractivity contribution in [2.75, 3.05) is 0 Å². The molecule has 2 fully saturated rings. The molecule has 2 unspecified atom stereocenters. The molecule has 0 aromatic carbocycles. The highest BCUT2D eigenvalue weighted by molar-refractivity contribution is 5.81. The number of carbonyl (C=O) groups is 1. The second kappa shape index (κ2) is 4.01. The SMILES string of the molecule is CCC(CC)N1C2CCC1CC(=O)C2. The van der Waals surface area contributed by atoms with E-state index < -0.39 is 0 Å². The minimum atomic E-state index is 0.500. The van der Waals surface area contributed by atoms with E-state index in [1.807, 2.05) is 0 Å². The van der Waals surface area contributed by atoms with E-state index in [0.717, 1.165) is 18.9 Å². The summed E-state index contributed by atoms with van der Waals surface area (Å²) in [5, 5.41) is 0. The van der Waals surface area contributed by atoms with Crippen molar-refractivity contribution in [3.8, 4) is 0 Å². The lowest BCUT2D eigenvalue weighted by Gasteiger charge is -2.39. The van der Waals surface area contributed by atoms with Gasteiger partial charge >= 0.3 is 0 Å². The van der Waals surface area contributed by atoms with Crippen LogP contribution < -0.4 is 0 Å². The molecule has 2 bridgehead atoms. The molecule has 2 saturated heterocycles. The van der Waals surface area contributed by atoms with Gasteiger partial charge in [0.05, 0.1) is 0 Å². The first-order valence-electron chi connectivity index (χ1n) is 6.05. The molecule has 2 atom stereocenters. The van der Waals surface area contributed by atoms with Crippen LogP contribution in [0.5, 0.6) is 0 Å². The molecule has 2 heterocycles. The van der Waals surface area contributed by atoms with Crippen LogP contribution in [0.25, 0.3) is 0 Å². The highest BCUT2D eigenvalue weighted by Crippen LogP contribution is 2.36. The zero-order valence-corrected chi connectivity index (χ0v) is 9.33. The van der Waals surface area contributed by atoms with Gasteiger partial charge in [-0.25, -0.2) is 0 Å². The molecule has 2 aliphatic rings. The number of nitrogens with zero attached hydrogens (tertiary/aromatic N) is 1. The van der Waals surface area contributed by atoms with E-state index in [-0.39, 0.29) is 0 Å². The zero-order valence-electron chi connectivity index (χ0n) is 9.33. The number of Topliss-reactive ketones (excluding diaryl/α,β-unsaturated/α-hetero) is 1. The minimum absolute atomic E-state index is 0.500. The molecule has 0 aliphatic carbocycles. The van der Waals surface area contributed by atoms with Gasteiger partial charge in [0.2, 0.25) is 0 Å². The Kier molecular flexibility index (Phi) is 2.91. The molecule has 2 nitrogen and oxygen atoms in total. The Hall–Kier alpha value is -0.370. The maximum atomic E-state index is 11.4. The second-order valence-electron chi connectivity index (χ2n) is 4.75. The van der Waals surface area contributed by atoms with E-state index in [2.05, 4.69) is 18.7 Å². The summed E-state index contributed by atoms with van der Waals surface area (Å²) in [7, 11) is 0. The molecule has 2 aliphatic heterocycles. The van der Waals surface area contributed by atoms with Crippen LogP contribution in [0, 0.1) is 0 Å². The molecule has 0 spiro atoms. The number of carbonyl (C=O) groups excluding carboxylic acids is 1. The molecule has 0 N–H and O–H groups in total. The van der Waals surface area contributed by atoms with Crippen molar-refractivity contribution in [2.45, 2.75) is 70.5 Å². The largest absolute Gasteiger partial charge is 0.300 e. The Morgan fingerprint density at radius 3 is 2.14 bits per heavy atom. The fourth-order valence-corrected chi connectivity index (χ4v) is 3.31. The average molecular weight is 195 g/mol. The lowest BCUT2D eigenvalue weighted by molar-refractivity contribution is -0.124. The van der Waals surface area contributed by atoms with Gasteiger partial charge in [-0.15, -0.1) is 0 Å². The van der Waals surface area contributed by atoms with Gasteiger partial charge in [0.1, 0.15) is 5.78 Å². The van der Waals surface area contributed by atoms with Crippen molar-refractivity contribution < 1.29 is 4.79 Å². The smallest absolute Gasteiger partial charge is 0.136 e. The predicted octanol–water partition coefficient (Wildman–Crippen LogP) is 2.37. The van der Waals surface area contributed by atoms with Crippen molar-refractivity contribution in [1.82, 2.24) is 4.90 Å². The van der Waals surface area contributed by atoms with Crippen LogP contribution in [0.3, 0.4) is 0 Å². The van der Waals surface area contributed by atoms with Crippen molar-refractivity contribution in [2.24, 2.45) is 0 Å².